The first-order chi connectivity index (χ1) is 18.9. The molecule has 1 aliphatic heterocycles. The molecule has 1 saturated heterocycles. The summed E-state index contributed by atoms with van der Waals surface area (Å²) in [5.74, 6) is 1.39. The monoisotopic (exact) mass is 523 g/mol. The number of rotatable bonds is 4. The van der Waals surface area contributed by atoms with Crippen LogP contribution >= 0.6 is 0 Å². The molecule has 3 aliphatic rings. The summed E-state index contributed by atoms with van der Waals surface area (Å²) in [4.78, 5) is 12.0. The predicted octanol–water partition coefficient (Wildman–Crippen LogP) is 4.51. The number of ether oxygens (including phenoxy) is 1. The van der Waals surface area contributed by atoms with E-state index in [9.17, 15) is 5.26 Å². The zero-order valence-corrected chi connectivity index (χ0v) is 22.7. The largest absolute Gasteiger partial charge is 0.471 e. The number of nitrogen functional groups attached to an aromatic ring is 1. The average molecular weight is 524 g/mol. The maximum Gasteiger partial charge on any atom is 0.243 e. The topological polar surface area (TPSA) is 119 Å². The van der Waals surface area contributed by atoms with Crippen LogP contribution in [0.4, 0.5) is 5.69 Å². The lowest BCUT2D eigenvalue weighted by Gasteiger charge is -2.33. The number of anilines is 1. The van der Waals surface area contributed by atoms with Gasteiger partial charge in [0.2, 0.25) is 5.88 Å². The molecular weight excluding hydrogens is 490 g/mol. The molecular formula is C30H33N7O2. The highest BCUT2D eigenvalue weighted by Gasteiger charge is 2.49. The van der Waals surface area contributed by atoms with Crippen LogP contribution in [0.5, 0.6) is 5.88 Å². The van der Waals surface area contributed by atoms with Crippen LogP contribution in [0.2, 0.25) is 0 Å². The summed E-state index contributed by atoms with van der Waals surface area (Å²) in [5, 5.41) is 14.6. The zero-order chi connectivity index (χ0) is 26.9. The molecule has 200 valence electrons. The summed E-state index contributed by atoms with van der Waals surface area (Å²) in [7, 11) is 4.13. The quantitative estimate of drug-likeness (QED) is 0.388. The number of nitriles is 1. The second-order valence-electron chi connectivity index (χ2n) is 11.5. The summed E-state index contributed by atoms with van der Waals surface area (Å²) < 4.78 is 14.7. The first-order valence-electron chi connectivity index (χ1n) is 13.9. The molecule has 0 amide bonds. The van der Waals surface area contributed by atoms with E-state index in [2.05, 4.69) is 41.1 Å². The Bertz CT molecular complexity index is 1650. The Morgan fingerprint density at radius 3 is 2.90 bits per heavy atom. The van der Waals surface area contributed by atoms with Crippen molar-refractivity contribution in [2.45, 2.75) is 69.4 Å². The molecule has 9 nitrogen and oxygen atoms in total. The Hall–Kier alpha value is -3.90. The fourth-order valence-corrected chi connectivity index (χ4v) is 7.37. The molecule has 4 aromatic rings. The third-order valence-electron chi connectivity index (χ3n) is 9.33. The van der Waals surface area contributed by atoms with Crippen LogP contribution < -0.4 is 10.5 Å². The van der Waals surface area contributed by atoms with E-state index in [1.807, 2.05) is 23.7 Å². The molecule has 3 atom stereocenters. The van der Waals surface area contributed by atoms with E-state index >= 15 is 0 Å². The molecule has 9 heteroatoms. The SMILES string of the molecule is C[C@H](Oc1nc(-c2noc3c2CCC[C@@]32CCc3ccc(N)c(C#N)c32)cc2c1ncn2C)[C@@H]1CCCN1C. The summed E-state index contributed by atoms with van der Waals surface area (Å²) in [5.41, 5.74) is 13.4. The second-order valence-corrected chi connectivity index (χ2v) is 11.5. The molecule has 1 fully saturated rings. The fourth-order valence-electron chi connectivity index (χ4n) is 7.37. The lowest BCUT2D eigenvalue weighted by molar-refractivity contribution is 0.118. The van der Waals surface area contributed by atoms with Gasteiger partial charge >= 0.3 is 0 Å². The summed E-state index contributed by atoms with van der Waals surface area (Å²) in [6, 6.07) is 8.68. The van der Waals surface area contributed by atoms with Crippen LogP contribution in [0.1, 0.15) is 67.0 Å². The van der Waals surface area contributed by atoms with Crippen molar-refractivity contribution in [1.29, 1.82) is 5.26 Å². The van der Waals surface area contributed by atoms with Gasteiger partial charge in [-0.2, -0.15) is 5.26 Å². The number of hydrogen-bond donors (Lipinski definition) is 1. The Morgan fingerprint density at radius 2 is 2.10 bits per heavy atom. The first-order valence-corrected chi connectivity index (χ1v) is 13.9. The summed E-state index contributed by atoms with van der Waals surface area (Å²) >= 11 is 0. The lowest BCUT2D eigenvalue weighted by atomic mass is 9.68. The van der Waals surface area contributed by atoms with Crippen LogP contribution in [0, 0.1) is 11.3 Å². The number of aromatic nitrogens is 4. The van der Waals surface area contributed by atoms with Gasteiger partial charge in [0.25, 0.3) is 0 Å². The minimum absolute atomic E-state index is 0.0233. The van der Waals surface area contributed by atoms with Gasteiger partial charge in [-0.1, -0.05) is 11.2 Å². The van der Waals surface area contributed by atoms with Gasteiger partial charge in [-0.05, 0) is 88.7 Å². The Kier molecular flexibility index (Phi) is 5.46. The lowest BCUT2D eigenvalue weighted by Crippen LogP contribution is -2.38. The van der Waals surface area contributed by atoms with Crippen molar-refractivity contribution in [2.75, 3.05) is 19.3 Å². The van der Waals surface area contributed by atoms with Crippen LogP contribution in [-0.4, -0.2) is 50.3 Å². The van der Waals surface area contributed by atoms with Crippen LogP contribution in [-0.2, 0) is 25.3 Å². The van der Waals surface area contributed by atoms with Crippen LogP contribution in [0.3, 0.4) is 0 Å². The van der Waals surface area contributed by atoms with Gasteiger partial charge in [-0.15, -0.1) is 0 Å². The molecule has 1 aromatic carbocycles. The van der Waals surface area contributed by atoms with Gasteiger partial charge in [0.05, 0.1) is 28.5 Å². The van der Waals surface area contributed by atoms with Crippen LogP contribution in [0.25, 0.3) is 22.4 Å². The minimum Gasteiger partial charge on any atom is -0.471 e. The highest BCUT2D eigenvalue weighted by molar-refractivity contribution is 5.84. The maximum atomic E-state index is 10.0. The van der Waals surface area contributed by atoms with Crippen molar-refractivity contribution in [2.24, 2.45) is 7.05 Å². The normalized spacial score (nSPS) is 23.2. The summed E-state index contributed by atoms with van der Waals surface area (Å²) in [6.07, 6.45) is 8.57. The number of pyridine rings is 1. The van der Waals surface area contributed by atoms with Gasteiger partial charge in [0.15, 0.2) is 11.3 Å². The van der Waals surface area contributed by atoms with E-state index in [-0.39, 0.29) is 11.5 Å². The second kappa shape index (κ2) is 8.82. The Labute approximate surface area is 227 Å². The van der Waals surface area contributed by atoms with Gasteiger partial charge < -0.3 is 19.6 Å². The van der Waals surface area contributed by atoms with Gasteiger partial charge in [-0.25, -0.2) is 9.97 Å². The number of hydrogen-bond acceptors (Lipinski definition) is 8. The van der Waals surface area contributed by atoms with Gasteiger partial charge in [0, 0.05) is 24.3 Å². The number of fused-ring (bicyclic) bond motifs is 5. The number of aryl methyl sites for hydroxylation is 2. The van der Waals surface area contributed by atoms with E-state index in [1.54, 1.807) is 6.33 Å². The molecule has 3 aromatic heterocycles. The third kappa shape index (κ3) is 3.51. The van der Waals surface area contributed by atoms with Gasteiger partial charge in [-0.3, -0.25) is 4.90 Å². The van der Waals surface area contributed by atoms with Crippen molar-refractivity contribution >= 4 is 16.7 Å². The Balaban J connectivity index is 1.34. The number of benzene rings is 1. The molecule has 2 aliphatic carbocycles. The van der Waals surface area contributed by atoms with Crippen molar-refractivity contribution in [3.8, 4) is 23.3 Å². The number of likely N-dealkylation sites (N-methyl/N-ethyl adjacent to an activating group) is 1. The van der Waals surface area contributed by atoms with E-state index in [0.29, 0.717) is 23.2 Å². The molecule has 0 bridgehead atoms. The Morgan fingerprint density at radius 1 is 1.23 bits per heavy atom. The smallest absolute Gasteiger partial charge is 0.243 e. The van der Waals surface area contributed by atoms with E-state index < -0.39 is 0 Å². The molecule has 7 rings (SSSR count). The molecule has 0 unspecified atom stereocenters. The van der Waals surface area contributed by atoms with E-state index in [4.69, 9.17) is 20.0 Å². The predicted molar refractivity (Wildman–Crippen MR) is 147 cm³/mol. The maximum absolute atomic E-state index is 10.0. The van der Waals surface area contributed by atoms with Crippen molar-refractivity contribution in [3.05, 3.63) is 52.5 Å². The average Bonchev–Trinajstić information content (AvgIpc) is 3.71. The van der Waals surface area contributed by atoms with Crippen LogP contribution in [0.15, 0.2) is 29.0 Å². The van der Waals surface area contributed by atoms with Crippen molar-refractivity contribution in [1.82, 2.24) is 24.6 Å². The molecule has 2 N–H and O–H groups in total. The molecule has 4 heterocycles. The highest BCUT2D eigenvalue weighted by atomic mass is 16.5. The summed E-state index contributed by atoms with van der Waals surface area (Å²) in [6.45, 7) is 3.20. The van der Waals surface area contributed by atoms with Crippen molar-refractivity contribution < 1.29 is 9.26 Å². The number of likely N-dealkylation sites (tertiary alicyclic amines) is 1. The number of imidazole rings is 1. The van der Waals surface area contributed by atoms with E-state index in [1.165, 1.54) is 12.0 Å². The molecule has 39 heavy (non-hydrogen) atoms. The zero-order valence-electron chi connectivity index (χ0n) is 22.7. The van der Waals surface area contributed by atoms with E-state index in [0.717, 1.165) is 84.4 Å². The molecule has 0 radical (unpaired) electrons. The number of nitrogens with two attached hydrogens (primary N) is 1. The first kappa shape index (κ1) is 24.2. The fraction of sp³-hybridized carbons (Fsp3) is 0.467. The highest BCUT2D eigenvalue weighted by Crippen LogP contribution is 2.54. The molecule has 1 spiro atoms. The number of nitrogens with zero attached hydrogens (tertiary/aromatic N) is 6. The molecule has 0 saturated carbocycles. The standard InChI is InChI=1S/C30H33N7O2/c1-17(23-7-5-13-36(23)2)38-29-27-24(37(3)16-33-27)14-22(34-29)26-19-6-4-11-30(28(19)39-35-26)12-10-18-8-9-21(32)20(15-31)25(18)30/h8-9,14,16-17,23H,4-7,10-13,32H2,1-3H3/t17-,23-,30-/m0/s1. The minimum atomic E-state index is -0.383. The third-order valence-corrected chi connectivity index (χ3v) is 9.33. The van der Waals surface area contributed by atoms with Gasteiger partial charge in [0.1, 0.15) is 17.9 Å². The van der Waals surface area contributed by atoms with Crippen molar-refractivity contribution in [3.63, 3.8) is 0 Å².